The van der Waals surface area contributed by atoms with Gasteiger partial charge < -0.3 is 15.0 Å². The van der Waals surface area contributed by atoms with Crippen molar-refractivity contribution in [1.29, 1.82) is 0 Å². The molecule has 0 saturated heterocycles. The van der Waals surface area contributed by atoms with Crippen molar-refractivity contribution < 1.29 is 9.53 Å². The summed E-state index contributed by atoms with van der Waals surface area (Å²) in [6.45, 7) is 0.594. The average molecular weight is 410 g/mol. The van der Waals surface area contributed by atoms with Gasteiger partial charge in [-0.25, -0.2) is 4.98 Å². The van der Waals surface area contributed by atoms with Crippen LogP contribution in [0.1, 0.15) is 53.6 Å². The molecule has 0 saturated carbocycles. The topological polar surface area (TPSA) is 84.1 Å². The molecule has 3 heterocycles. The van der Waals surface area contributed by atoms with Crippen LogP contribution in [0.5, 0.6) is 5.75 Å². The van der Waals surface area contributed by atoms with Crippen LogP contribution in [-0.2, 0) is 24.1 Å². The van der Waals surface area contributed by atoms with Crippen molar-refractivity contribution in [3.05, 3.63) is 56.4 Å². The second-order valence-electron chi connectivity index (χ2n) is 7.70. The number of thiophene rings is 1. The number of aromatic amines is 1. The third-order valence-corrected chi connectivity index (χ3v) is 6.94. The monoisotopic (exact) mass is 409 g/mol. The second-order valence-corrected chi connectivity index (χ2v) is 8.78. The maximum Gasteiger partial charge on any atom is 0.259 e. The van der Waals surface area contributed by atoms with Gasteiger partial charge in [0.2, 0.25) is 5.91 Å². The zero-order valence-corrected chi connectivity index (χ0v) is 16.9. The molecular weight excluding hydrogens is 386 g/mol. The van der Waals surface area contributed by atoms with E-state index in [-0.39, 0.29) is 17.5 Å². The minimum absolute atomic E-state index is 0.0361. The molecule has 6 nitrogen and oxygen atoms in total. The van der Waals surface area contributed by atoms with Crippen LogP contribution in [0.4, 0.5) is 0 Å². The molecule has 1 aromatic carbocycles. The Balaban J connectivity index is 1.29. The smallest absolute Gasteiger partial charge is 0.259 e. The highest BCUT2D eigenvalue weighted by Gasteiger charge is 2.23. The lowest BCUT2D eigenvalue weighted by atomic mass is 9.97. The maximum absolute atomic E-state index is 12.6. The SMILES string of the molecule is O=C(CCc1nc2sc3c(c2c(=O)[nH]1)CCCC3)N[C@@H]1CCOc2ccccc21. The van der Waals surface area contributed by atoms with Gasteiger partial charge in [0.1, 0.15) is 16.4 Å². The molecule has 150 valence electrons. The van der Waals surface area contributed by atoms with Crippen molar-refractivity contribution in [1.82, 2.24) is 15.3 Å². The normalized spacial score (nSPS) is 18.0. The molecule has 1 aliphatic heterocycles. The number of ether oxygens (including phenoxy) is 1. The van der Waals surface area contributed by atoms with Crippen LogP contribution in [0, 0.1) is 0 Å². The molecule has 1 aliphatic carbocycles. The van der Waals surface area contributed by atoms with Gasteiger partial charge in [-0.1, -0.05) is 18.2 Å². The fourth-order valence-corrected chi connectivity index (χ4v) is 5.60. The highest BCUT2D eigenvalue weighted by atomic mass is 32.1. The molecule has 2 aliphatic rings. The Bertz CT molecular complexity index is 1130. The number of H-pyrrole nitrogens is 1. The summed E-state index contributed by atoms with van der Waals surface area (Å²) in [6, 6.07) is 7.77. The fourth-order valence-electron chi connectivity index (χ4n) is 4.32. The van der Waals surface area contributed by atoms with Crippen LogP contribution in [0.3, 0.4) is 0 Å². The van der Waals surface area contributed by atoms with E-state index in [1.54, 1.807) is 11.3 Å². The first kappa shape index (κ1) is 18.4. The molecule has 2 aromatic heterocycles. The van der Waals surface area contributed by atoms with E-state index in [2.05, 4.69) is 15.3 Å². The Labute approximate surface area is 172 Å². The molecule has 0 unspecified atom stereocenters. The van der Waals surface area contributed by atoms with Crippen molar-refractivity contribution in [2.45, 2.75) is 51.0 Å². The third-order valence-electron chi connectivity index (χ3n) is 5.76. The number of aryl methyl sites for hydroxylation is 3. The molecular formula is C22H23N3O3S. The number of fused-ring (bicyclic) bond motifs is 4. The number of hydrogen-bond donors (Lipinski definition) is 2. The summed E-state index contributed by atoms with van der Waals surface area (Å²) in [5.41, 5.74) is 2.14. The van der Waals surface area contributed by atoms with Gasteiger partial charge in [0.25, 0.3) is 5.56 Å². The van der Waals surface area contributed by atoms with E-state index in [4.69, 9.17) is 4.74 Å². The molecule has 5 rings (SSSR count). The molecule has 3 aromatic rings. The van der Waals surface area contributed by atoms with Crippen LogP contribution in [0.15, 0.2) is 29.1 Å². The summed E-state index contributed by atoms with van der Waals surface area (Å²) < 4.78 is 5.65. The Morgan fingerprint density at radius 2 is 2.14 bits per heavy atom. The largest absolute Gasteiger partial charge is 0.493 e. The van der Waals surface area contributed by atoms with E-state index in [1.807, 2.05) is 24.3 Å². The molecule has 1 amide bonds. The highest BCUT2D eigenvalue weighted by Crippen LogP contribution is 2.34. The van der Waals surface area contributed by atoms with Gasteiger partial charge in [0.15, 0.2) is 0 Å². The van der Waals surface area contributed by atoms with Gasteiger partial charge in [0, 0.05) is 29.7 Å². The molecule has 29 heavy (non-hydrogen) atoms. The lowest BCUT2D eigenvalue weighted by Gasteiger charge is -2.26. The summed E-state index contributed by atoms with van der Waals surface area (Å²) >= 11 is 1.64. The number of aromatic nitrogens is 2. The number of para-hydroxylation sites is 1. The quantitative estimate of drug-likeness (QED) is 0.691. The van der Waals surface area contributed by atoms with Gasteiger partial charge in [-0.15, -0.1) is 11.3 Å². The summed E-state index contributed by atoms with van der Waals surface area (Å²) in [6.07, 6.45) is 5.79. The summed E-state index contributed by atoms with van der Waals surface area (Å²) in [7, 11) is 0. The number of nitrogens with zero attached hydrogens (tertiary/aromatic N) is 1. The molecule has 0 radical (unpaired) electrons. The van der Waals surface area contributed by atoms with Crippen molar-refractivity contribution >= 4 is 27.5 Å². The number of hydrogen-bond acceptors (Lipinski definition) is 5. The van der Waals surface area contributed by atoms with Crippen molar-refractivity contribution in [3.63, 3.8) is 0 Å². The lowest BCUT2D eigenvalue weighted by molar-refractivity contribution is -0.122. The number of carbonyl (C=O) groups is 1. The summed E-state index contributed by atoms with van der Waals surface area (Å²) in [4.78, 5) is 34.8. The number of benzene rings is 1. The van der Waals surface area contributed by atoms with Crippen LogP contribution in [-0.4, -0.2) is 22.5 Å². The van der Waals surface area contributed by atoms with Crippen molar-refractivity contribution in [3.8, 4) is 5.75 Å². The molecule has 1 atom stereocenters. The summed E-state index contributed by atoms with van der Waals surface area (Å²) in [5.74, 6) is 1.38. The first-order chi connectivity index (χ1) is 14.2. The van der Waals surface area contributed by atoms with Crippen molar-refractivity contribution in [2.24, 2.45) is 0 Å². The Morgan fingerprint density at radius 1 is 1.28 bits per heavy atom. The van der Waals surface area contributed by atoms with Crippen molar-refractivity contribution in [2.75, 3.05) is 6.61 Å². The zero-order chi connectivity index (χ0) is 19.8. The Hall–Kier alpha value is -2.67. The number of rotatable bonds is 4. The van der Waals surface area contributed by atoms with E-state index in [9.17, 15) is 9.59 Å². The minimum atomic E-state index is -0.0665. The van der Waals surface area contributed by atoms with E-state index in [0.29, 0.717) is 25.3 Å². The molecule has 2 N–H and O–H groups in total. The number of amides is 1. The predicted octanol–water partition coefficient (Wildman–Crippen LogP) is 3.44. The lowest BCUT2D eigenvalue weighted by Crippen LogP contribution is -2.32. The maximum atomic E-state index is 12.6. The van der Waals surface area contributed by atoms with E-state index < -0.39 is 0 Å². The highest BCUT2D eigenvalue weighted by molar-refractivity contribution is 7.18. The average Bonchev–Trinajstić information content (AvgIpc) is 3.11. The molecule has 0 fully saturated rings. The minimum Gasteiger partial charge on any atom is -0.493 e. The standard InChI is InChI=1S/C22H23N3O3S/c26-19(23-15-11-12-28-16-7-3-1-5-13(15)16)10-9-18-24-21(27)20-14-6-2-4-8-17(14)29-22(20)25-18/h1,3,5,7,15H,2,4,6,8-12H2,(H,23,26)(H,24,25,27)/t15-/m1/s1. The van der Waals surface area contributed by atoms with Gasteiger partial charge in [-0.2, -0.15) is 0 Å². The molecule has 0 bridgehead atoms. The first-order valence-electron chi connectivity index (χ1n) is 10.2. The van der Waals surface area contributed by atoms with Crippen LogP contribution in [0.25, 0.3) is 10.2 Å². The van der Waals surface area contributed by atoms with E-state index >= 15 is 0 Å². The van der Waals surface area contributed by atoms with Gasteiger partial charge in [-0.3, -0.25) is 9.59 Å². The molecule has 0 spiro atoms. The Morgan fingerprint density at radius 3 is 3.07 bits per heavy atom. The van der Waals surface area contributed by atoms with Gasteiger partial charge in [0.05, 0.1) is 18.0 Å². The molecule has 7 heteroatoms. The summed E-state index contributed by atoms with van der Waals surface area (Å²) in [5, 5.41) is 3.86. The van der Waals surface area contributed by atoms with Crippen LogP contribution in [0.2, 0.25) is 0 Å². The fraction of sp³-hybridized carbons (Fsp3) is 0.409. The second kappa shape index (κ2) is 7.63. The van der Waals surface area contributed by atoms with Gasteiger partial charge >= 0.3 is 0 Å². The van der Waals surface area contributed by atoms with Gasteiger partial charge in [-0.05, 0) is 37.3 Å². The van der Waals surface area contributed by atoms with Crippen LogP contribution >= 0.6 is 11.3 Å². The van der Waals surface area contributed by atoms with E-state index in [1.165, 1.54) is 16.9 Å². The number of nitrogens with one attached hydrogen (secondary N) is 2. The Kier molecular flexibility index (Phi) is 4.83. The van der Waals surface area contributed by atoms with E-state index in [0.717, 1.165) is 47.2 Å². The zero-order valence-electron chi connectivity index (χ0n) is 16.1. The first-order valence-corrected chi connectivity index (χ1v) is 11.1. The third kappa shape index (κ3) is 3.55. The van der Waals surface area contributed by atoms with Crippen LogP contribution < -0.4 is 15.6 Å². The predicted molar refractivity (Wildman–Crippen MR) is 113 cm³/mol. The number of carbonyl (C=O) groups excluding carboxylic acids is 1.